The smallest absolute Gasteiger partial charge is 0.232 e. The number of benzene rings is 1. The molecule has 2 amide bonds. The highest BCUT2D eigenvalue weighted by atomic mass is 32.2. The van der Waals surface area contributed by atoms with Crippen LogP contribution < -0.4 is 11.5 Å². The molecule has 20 heavy (non-hydrogen) atoms. The van der Waals surface area contributed by atoms with E-state index in [1.807, 2.05) is 24.3 Å². The van der Waals surface area contributed by atoms with Gasteiger partial charge in [-0.15, -0.1) is 11.8 Å². The number of nitrogen functional groups attached to an aromatic ring is 1. The lowest BCUT2D eigenvalue weighted by atomic mass is 9.97. The number of amides is 2. The lowest BCUT2D eigenvalue weighted by Crippen LogP contribution is -2.44. The Morgan fingerprint density at radius 2 is 2.10 bits per heavy atom. The first kappa shape index (κ1) is 14.7. The predicted molar refractivity (Wildman–Crippen MR) is 80.1 cm³/mol. The number of carbonyl (C=O) groups excluding carboxylic acids is 2. The van der Waals surface area contributed by atoms with Gasteiger partial charge in [-0.05, 0) is 25.0 Å². The van der Waals surface area contributed by atoms with Gasteiger partial charge in [-0.25, -0.2) is 0 Å². The van der Waals surface area contributed by atoms with Crippen molar-refractivity contribution >= 4 is 29.3 Å². The molecular weight excluding hydrogens is 274 g/mol. The molecule has 108 valence electrons. The van der Waals surface area contributed by atoms with Crippen molar-refractivity contribution < 1.29 is 9.59 Å². The minimum absolute atomic E-state index is 0.0317. The van der Waals surface area contributed by atoms with E-state index in [0.29, 0.717) is 24.5 Å². The van der Waals surface area contributed by atoms with E-state index >= 15 is 0 Å². The molecule has 1 atom stereocenters. The molecule has 1 aliphatic rings. The number of nitrogens with two attached hydrogens (primary N) is 2. The van der Waals surface area contributed by atoms with Gasteiger partial charge in [-0.1, -0.05) is 12.1 Å². The molecule has 1 fully saturated rings. The lowest BCUT2D eigenvalue weighted by molar-refractivity contribution is -0.132. The minimum Gasteiger partial charge on any atom is -0.398 e. The maximum atomic E-state index is 12.2. The monoisotopic (exact) mass is 293 g/mol. The first-order chi connectivity index (χ1) is 9.58. The van der Waals surface area contributed by atoms with Crippen molar-refractivity contribution in [2.24, 2.45) is 11.7 Å². The average molecular weight is 293 g/mol. The molecular formula is C14H19N3O2S. The molecule has 0 saturated carbocycles. The van der Waals surface area contributed by atoms with Gasteiger partial charge in [-0.2, -0.15) is 0 Å². The van der Waals surface area contributed by atoms with E-state index in [-0.39, 0.29) is 17.7 Å². The molecule has 5 nitrogen and oxygen atoms in total. The molecule has 1 heterocycles. The highest BCUT2D eigenvalue weighted by Gasteiger charge is 2.26. The van der Waals surface area contributed by atoms with E-state index in [1.54, 1.807) is 4.90 Å². The molecule has 0 radical (unpaired) electrons. The number of anilines is 1. The molecule has 0 bridgehead atoms. The summed E-state index contributed by atoms with van der Waals surface area (Å²) in [5, 5.41) is 0. The van der Waals surface area contributed by atoms with Crippen molar-refractivity contribution in [2.45, 2.75) is 17.7 Å². The number of carbonyl (C=O) groups is 2. The lowest BCUT2D eigenvalue weighted by Gasteiger charge is -2.31. The van der Waals surface area contributed by atoms with Crippen LogP contribution in [0.1, 0.15) is 12.8 Å². The van der Waals surface area contributed by atoms with E-state index in [2.05, 4.69) is 0 Å². The van der Waals surface area contributed by atoms with Crippen LogP contribution in [0.4, 0.5) is 5.69 Å². The fourth-order valence-electron chi connectivity index (χ4n) is 2.28. The molecule has 1 aliphatic heterocycles. The summed E-state index contributed by atoms with van der Waals surface area (Å²) in [4.78, 5) is 26.0. The molecule has 1 unspecified atom stereocenters. The van der Waals surface area contributed by atoms with Crippen LogP contribution in [0.25, 0.3) is 0 Å². The van der Waals surface area contributed by atoms with Gasteiger partial charge in [0.15, 0.2) is 0 Å². The van der Waals surface area contributed by atoms with Crippen molar-refractivity contribution in [3.63, 3.8) is 0 Å². The molecule has 1 saturated heterocycles. The van der Waals surface area contributed by atoms with Crippen LogP contribution >= 0.6 is 11.8 Å². The quantitative estimate of drug-likeness (QED) is 0.642. The van der Waals surface area contributed by atoms with Crippen molar-refractivity contribution in [2.75, 3.05) is 24.6 Å². The van der Waals surface area contributed by atoms with Crippen molar-refractivity contribution in [1.29, 1.82) is 0 Å². The number of thioether (sulfide) groups is 1. The van der Waals surface area contributed by atoms with Crippen LogP contribution in [0.5, 0.6) is 0 Å². The van der Waals surface area contributed by atoms with Crippen LogP contribution in [0.15, 0.2) is 29.2 Å². The summed E-state index contributed by atoms with van der Waals surface area (Å²) >= 11 is 1.43. The summed E-state index contributed by atoms with van der Waals surface area (Å²) in [5.74, 6) is -0.161. The predicted octanol–water partition coefficient (Wildman–Crippen LogP) is 1.08. The molecule has 6 heteroatoms. The number of para-hydroxylation sites is 1. The number of hydrogen-bond acceptors (Lipinski definition) is 4. The molecule has 0 aliphatic carbocycles. The summed E-state index contributed by atoms with van der Waals surface area (Å²) in [7, 11) is 0. The van der Waals surface area contributed by atoms with Gasteiger partial charge in [0.2, 0.25) is 11.8 Å². The van der Waals surface area contributed by atoms with Gasteiger partial charge in [0.1, 0.15) is 0 Å². The van der Waals surface area contributed by atoms with Crippen molar-refractivity contribution in [3.05, 3.63) is 24.3 Å². The van der Waals surface area contributed by atoms with Gasteiger partial charge in [0.25, 0.3) is 0 Å². The molecule has 2 rings (SSSR count). The summed E-state index contributed by atoms with van der Waals surface area (Å²) in [6.07, 6.45) is 1.61. The molecule has 4 N–H and O–H groups in total. The van der Waals surface area contributed by atoms with Crippen molar-refractivity contribution in [3.8, 4) is 0 Å². The maximum absolute atomic E-state index is 12.2. The zero-order valence-corrected chi connectivity index (χ0v) is 12.1. The second-order valence-electron chi connectivity index (χ2n) is 4.91. The highest BCUT2D eigenvalue weighted by molar-refractivity contribution is 8.00. The molecule has 0 spiro atoms. The molecule has 0 aromatic heterocycles. The Labute approximate surface area is 122 Å². The summed E-state index contributed by atoms with van der Waals surface area (Å²) in [6.45, 7) is 1.15. The third-order valence-electron chi connectivity index (χ3n) is 3.45. The van der Waals surface area contributed by atoms with Crippen LogP contribution in [-0.4, -0.2) is 35.6 Å². The zero-order chi connectivity index (χ0) is 14.5. The first-order valence-electron chi connectivity index (χ1n) is 6.62. The second kappa shape index (κ2) is 6.65. The number of primary amides is 1. The SMILES string of the molecule is NC(=O)C1CCCN(C(=O)CSc2ccccc2N)C1. The fourth-order valence-corrected chi connectivity index (χ4v) is 3.15. The highest BCUT2D eigenvalue weighted by Crippen LogP contribution is 2.25. The van der Waals surface area contributed by atoms with Gasteiger partial charge < -0.3 is 16.4 Å². The van der Waals surface area contributed by atoms with E-state index < -0.39 is 0 Å². The molecule has 1 aromatic rings. The van der Waals surface area contributed by atoms with Gasteiger partial charge in [0, 0.05) is 23.7 Å². The van der Waals surface area contributed by atoms with Crippen LogP contribution in [0.2, 0.25) is 0 Å². The summed E-state index contributed by atoms with van der Waals surface area (Å²) in [5.41, 5.74) is 11.8. The third-order valence-corrected chi connectivity index (χ3v) is 4.52. The Morgan fingerprint density at radius 3 is 2.80 bits per heavy atom. The van der Waals surface area contributed by atoms with Gasteiger partial charge in [0.05, 0.1) is 11.7 Å². The first-order valence-corrected chi connectivity index (χ1v) is 7.61. The van der Waals surface area contributed by atoms with Crippen LogP contribution in [0, 0.1) is 5.92 Å². The Bertz CT molecular complexity index is 507. The third kappa shape index (κ3) is 3.66. The van der Waals surface area contributed by atoms with E-state index in [1.165, 1.54) is 11.8 Å². The largest absolute Gasteiger partial charge is 0.398 e. The van der Waals surface area contributed by atoms with E-state index in [0.717, 1.165) is 17.7 Å². The van der Waals surface area contributed by atoms with Crippen LogP contribution in [0.3, 0.4) is 0 Å². The standard InChI is InChI=1S/C14H19N3O2S/c15-11-5-1-2-6-12(11)20-9-13(18)17-7-3-4-10(8-17)14(16)19/h1-2,5-6,10H,3-4,7-9,15H2,(H2,16,19). The van der Waals surface area contributed by atoms with E-state index in [4.69, 9.17) is 11.5 Å². The average Bonchev–Trinajstić information content (AvgIpc) is 2.46. The van der Waals surface area contributed by atoms with Crippen LogP contribution in [-0.2, 0) is 9.59 Å². The number of hydrogen-bond donors (Lipinski definition) is 2. The second-order valence-corrected chi connectivity index (χ2v) is 5.92. The Kier molecular flexibility index (Phi) is 4.89. The zero-order valence-electron chi connectivity index (χ0n) is 11.2. The fraction of sp³-hybridized carbons (Fsp3) is 0.429. The topological polar surface area (TPSA) is 89.4 Å². The number of likely N-dealkylation sites (tertiary alicyclic amines) is 1. The minimum atomic E-state index is -0.317. The number of piperidine rings is 1. The van der Waals surface area contributed by atoms with Gasteiger partial charge in [-0.3, -0.25) is 9.59 Å². The number of nitrogens with zero attached hydrogens (tertiary/aromatic N) is 1. The Balaban J connectivity index is 1.89. The Hall–Kier alpha value is -1.69. The van der Waals surface area contributed by atoms with Crippen molar-refractivity contribution in [1.82, 2.24) is 4.90 Å². The van der Waals surface area contributed by atoms with E-state index in [9.17, 15) is 9.59 Å². The normalized spacial score (nSPS) is 18.8. The van der Waals surface area contributed by atoms with Gasteiger partial charge >= 0.3 is 0 Å². The maximum Gasteiger partial charge on any atom is 0.232 e. The Morgan fingerprint density at radius 1 is 1.35 bits per heavy atom. The summed E-state index contributed by atoms with van der Waals surface area (Å²) < 4.78 is 0. The summed E-state index contributed by atoms with van der Waals surface area (Å²) in [6, 6.07) is 7.48. The number of rotatable bonds is 4. The molecule has 1 aromatic carbocycles.